The summed E-state index contributed by atoms with van der Waals surface area (Å²) in [7, 11) is 0. The van der Waals surface area contributed by atoms with Crippen LogP contribution in [0.15, 0.2) is 54.7 Å². The number of ether oxygens (including phenoxy) is 1. The Morgan fingerprint density at radius 3 is 2.82 bits per heavy atom. The summed E-state index contributed by atoms with van der Waals surface area (Å²) in [4.78, 5) is 4.46. The standard InChI is InChI=1S/C19H17NO2/c21-12-4-8-18-19-14(13-5-1-2-7-17(13)22-18)9-10-16-15(19)6-3-11-20-16/h1-3,5-7,9-11,18,21H,4,8,12H2. The van der Waals surface area contributed by atoms with E-state index in [2.05, 4.69) is 29.2 Å². The summed E-state index contributed by atoms with van der Waals surface area (Å²) in [5.74, 6) is 0.918. The molecule has 3 nitrogen and oxygen atoms in total. The molecule has 3 heteroatoms. The molecule has 110 valence electrons. The Labute approximate surface area is 129 Å². The third-order valence-electron chi connectivity index (χ3n) is 4.22. The van der Waals surface area contributed by atoms with Crippen molar-refractivity contribution in [3.63, 3.8) is 0 Å². The van der Waals surface area contributed by atoms with Gasteiger partial charge in [-0.2, -0.15) is 0 Å². The van der Waals surface area contributed by atoms with E-state index in [1.165, 1.54) is 11.1 Å². The fourth-order valence-corrected chi connectivity index (χ4v) is 3.24. The van der Waals surface area contributed by atoms with Gasteiger partial charge in [0.1, 0.15) is 11.9 Å². The first-order valence-corrected chi connectivity index (χ1v) is 7.63. The number of aliphatic hydroxyl groups is 1. The van der Waals surface area contributed by atoms with Gasteiger partial charge in [0.15, 0.2) is 0 Å². The minimum Gasteiger partial charge on any atom is -0.485 e. The highest BCUT2D eigenvalue weighted by molar-refractivity contribution is 5.92. The number of hydrogen-bond acceptors (Lipinski definition) is 3. The average Bonchev–Trinajstić information content (AvgIpc) is 2.59. The van der Waals surface area contributed by atoms with Crippen molar-refractivity contribution in [2.75, 3.05) is 6.61 Å². The van der Waals surface area contributed by atoms with E-state index in [1.54, 1.807) is 0 Å². The van der Waals surface area contributed by atoms with Crippen LogP contribution in [0.4, 0.5) is 0 Å². The molecule has 0 spiro atoms. The summed E-state index contributed by atoms with van der Waals surface area (Å²) in [6.45, 7) is 0.180. The monoisotopic (exact) mass is 291 g/mol. The molecular formula is C19H17NO2. The van der Waals surface area contributed by atoms with E-state index in [9.17, 15) is 5.11 Å². The normalized spacial score (nSPS) is 16.0. The predicted molar refractivity (Wildman–Crippen MR) is 86.9 cm³/mol. The van der Waals surface area contributed by atoms with E-state index in [1.807, 2.05) is 30.5 Å². The van der Waals surface area contributed by atoms with E-state index < -0.39 is 0 Å². The molecule has 1 unspecified atom stereocenters. The average molecular weight is 291 g/mol. The molecule has 4 rings (SSSR count). The van der Waals surface area contributed by atoms with Gasteiger partial charge in [0.25, 0.3) is 0 Å². The van der Waals surface area contributed by atoms with Crippen molar-refractivity contribution < 1.29 is 9.84 Å². The van der Waals surface area contributed by atoms with Gasteiger partial charge in [-0.15, -0.1) is 0 Å². The fraction of sp³-hybridized carbons (Fsp3) is 0.211. The molecule has 0 radical (unpaired) electrons. The minimum absolute atomic E-state index is 0.0371. The number of aliphatic hydroxyl groups excluding tert-OH is 1. The molecule has 1 aliphatic heterocycles. The molecule has 1 aliphatic rings. The maximum absolute atomic E-state index is 9.19. The van der Waals surface area contributed by atoms with Crippen LogP contribution in [0.25, 0.3) is 22.0 Å². The zero-order valence-electron chi connectivity index (χ0n) is 12.2. The molecule has 0 saturated carbocycles. The molecule has 0 aliphatic carbocycles. The SMILES string of the molecule is OCCCC1Oc2ccccc2-c2ccc3ncccc3c21. The maximum Gasteiger partial charge on any atom is 0.128 e. The summed E-state index contributed by atoms with van der Waals surface area (Å²) in [6, 6.07) is 16.4. The van der Waals surface area contributed by atoms with E-state index in [0.29, 0.717) is 0 Å². The predicted octanol–water partition coefficient (Wildman–Crippen LogP) is 4.11. The summed E-state index contributed by atoms with van der Waals surface area (Å²) in [5.41, 5.74) is 4.52. The summed E-state index contributed by atoms with van der Waals surface area (Å²) >= 11 is 0. The third kappa shape index (κ3) is 2.06. The van der Waals surface area contributed by atoms with Crippen LogP contribution < -0.4 is 4.74 Å². The first-order valence-electron chi connectivity index (χ1n) is 7.63. The van der Waals surface area contributed by atoms with Crippen molar-refractivity contribution in [2.24, 2.45) is 0 Å². The highest BCUT2D eigenvalue weighted by Gasteiger charge is 2.27. The van der Waals surface area contributed by atoms with Crippen molar-refractivity contribution in [2.45, 2.75) is 18.9 Å². The molecule has 3 aromatic rings. The number of pyridine rings is 1. The lowest BCUT2D eigenvalue weighted by molar-refractivity contribution is 0.174. The number of rotatable bonds is 3. The molecular weight excluding hydrogens is 274 g/mol. The number of nitrogens with zero attached hydrogens (tertiary/aromatic N) is 1. The van der Waals surface area contributed by atoms with Crippen molar-refractivity contribution in [3.8, 4) is 16.9 Å². The Balaban J connectivity index is 1.97. The van der Waals surface area contributed by atoms with Crippen LogP contribution in [-0.2, 0) is 0 Å². The first-order chi connectivity index (χ1) is 10.9. The van der Waals surface area contributed by atoms with Crippen LogP contribution in [0.5, 0.6) is 5.75 Å². The van der Waals surface area contributed by atoms with E-state index in [0.717, 1.165) is 35.1 Å². The van der Waals surface area contributed by atoms with Gasteiger partial charge in [-0.3, -0.25) is 4.98 Å². The number of hydrogen-bond donors (Lipinski definition) is 1. The van der Waals surface area contributed by atoms with Gasteiger partial charge >= 0.3 is 0 Å². The number of para-hydroxylation sites is 1. The number of aromatic nitrogens is 1. The quantitative estimate of drug-likeness (QED) is 0.789. The molecule has 0 amide bonds. The number of fused-ring (bicyclic) bond motifs is 5. The highest BCUT2D eigenvalue weighted by atomic mass is 16.5. The van der Waals surface area contributed by atoms with Crippen molar-refractivity contribution >= 4 is 10.9 Å². The Hall–Kier alpha value is -2.39. The van der Waals surface area contributed by atoms with Crippen molar-refractivity contribution in [1.82, 2.24) is 4.98 Å². The Morgan fingerprint density at radius 1 is 1.00 bits per heavy atom. The van der Waals surface area contributed by atoms with Gasteiger partial charge in [-0.1, -0.05) is 30.3 Å². The molecule has 0 fully saturated rings. The lowest BCUT2D eigenvalue weighted by Crippen LogP contribution is -2.15. The van der Waals surface area contributed by atoms with E-state index in [-0.39, 0.29) is 12.7 Å². The van der Waals surface area contributed by atoms with Gasteiger partial charge in [0.05, 0.1) is 5.52 Å². The zero-order chi connectivity index (χ0) is 14.9. The van der Waals surface area contributed by atoms with Gasteiger partial charge in [-0.25, -0.2) is 0 Å². The highest BCUT2D eigenvalue weighted by Crippen LogP contribution is 2.46. The Morgan fingerprint density at radius 2 is 1.91 bits per heavy atom. The van der Waals surface area contributed by atoms with Crippen molar-refractivity contribution in [1.29, 1.82) is 0 Å². The molecule has 2 heterocycles. The second kappa shape index (κ2) is 5.43. The van der Waals surface area contributed by atoms with Crippen LogP contribution in [0, 0.1) is 0 Å². The molecule has 22 heavy (non-hydrogen) atoms. The topological polar surface area (TPSA) is 42.4 Å². The smallest absolute Gasteiger partial charge is 0.128 e. The molecule has 0 bridgehead atoms. The van der Waals surface area contributed by atoms with Gasteiger partial charge < -0.3 is 9.84 Å². The first kappa shape index (κ1) is 13.3. The van der Waals surface area contributed by atoms with E-state index >= 15 is 0 Å². The lowest BCUT2D eigenvalue weighted by atomic mass is 9.88. The third-order valence-corrected chi connectivity index (χ3v) is 4.22. The van der Waals surface area contributed by atoms with Crippen LogP contribution in [0.1, 0.15) is 24.5 Å². The van der Waals surface area contributed by atoms with Crippen LogP contribution >= 0.6 is 0 Å². The molecule has 1 aromatic heterocycles. The van der Waals surface area contributed by atoms with Gasteiger partial charge in [0.2, 0.25) is 0 Å². The maximum atomic E-state index is 9.19. The van der Waals surface area contributed by atoms with Crippen LogP contribution in [-0.4, -0.2) is 16.7 Å². The van der Waals surface area contributed by atoms with Gasteiger partial charge in [-0.05, 0) is 36.6 Å². The lowest BCUT2D eigenvalue weighted by Gasteiger charge is -2.30. The molecule has 1 atom stereocenters. The molecule has 1 N–H and O–H groups in total. The largest absolute Gasteiger partial charge is 0.485 e. The van der Waals surface area contributed by atoms with Crippen LogP contribution in [0.2, 0.25) is 0 Å². The number of benzene rings is 2. The zero-order valence-corrected chi connectivity index (χ0v) is 12.2. The summed E-state index contributed by atoms with van der Waals surface area (Å²) < 4.78 is 6.23. The second-order valence-corrected chi connectivity index (χ2v) is 5.57. The summed E-state index contributed by atoms with van der Waals surface area (Å²) in [6.07, 6.45) is 3.30. The Kier molecular flexibility index (Phi) is 3.28. The molecule has 2 aromatic carbocycles. The second-order valence-electron chi connectivity index (χ2n) is 5.57. The fourth-order valence-electron chi connectivity index (χ4n) is 3.24. The van der Waals surface area contributed by atoms with E-state index in [4.69, 9.17) is 4.74 Å². The Bertz CT molecular complexity index is 829. The molecule has 0 saturated heterocycles. The minimum atomic E-state index is -0.0371. The van der Waals surface area contributed by atoms with Crippen molar-refractivity contribution in [3.05, 3.63) is 60.3 Å². The van der Waals surface area contributed by atoms with Crippen LogP contribution in [0.3, 0.4) is 0 Å². The summed E-state index contributed by atoms with van der Waals surface area (Å²) in [5, 5.41) is 10.3. The van der Waals surface area contributed by atoms with Gasteiger partial charge in [0, 0.05) is 29.3 Å².